The van der Waals surface area contributed by atoms with E-state index in [9.17, 15) is 14.7 Å². The first kappa shape index (κ1) is 20.0. The summed E-state index contributed by atoms with van der Waals surface area (Å²) in [5.74, 6) is -0.542. The van der Waals surface area contributed by atoms with E-state index in [1.165, 1.54) is 0 Å². The topological polar surface area (TPSA) is 76.0 Å². The normalized spacial score (nSPS) is 14.0. The van der Waals surface area contributed by atoms with E-state index in [4.69, 9.17) is 9.73 Å². The summed E-state index contributed by atoms with van der Waals surface area (Å²) in [5, 5.41) is 10.9. The molecular formula is C25H23NO4. The second-order valence-electron chi connectivity index (χ2n) is 7.15. The number of ketones is 1. The van der Waals surface area contributed by atoms with Crippen LogP contribution < -0.4 is 0 Å². The maximum absolute atomic E-state index is 13.3. The first-order valence-electron chi connectivity index (χ1n) is 10.2. The lowest BCUT2D eigenvalue weighted by Gasteiger charge is -2.11. The van der Waals surface area contributed by atoms with Crippen molar-refractivity contribution in [1.82, 2.24) is 0 Å². The molecular weight excluding hydrogens is 378 g/mol. The Labute approximate surface area is 175 Å². The van der Waals surface area contributed by atoms with E-state index in [-0.39, 0.29) is 25.0 Å². The summed E-state index contributed by atoms with van der Waals surface area (Å²) in [6, 6.07) is 14.7. The molecule has 4 rings (SSSR count). The molecule has 0 aromatic heterocycles. The van der Waals surface area contributed by atoms with Gasteiger partial charge < -0.3 is 9.84 Å². The van der Waals surface area contributed by atoms with Gasteiger partial charge in [-0.3, -0.25) is 4.79 Å². The zero-order valence-electron chi connectivity index (χ0n) is 17.1. The summed E-state index contributed by atoms with van der Waals surface area (Å²) in [5.41, 5.74) is 4.67. The Morgan fingerprint density at radius 3 is 2.47 bits per heavy atom. The number of benzene rings is 3. The fourth-order valence-electron chi connectivity index (χ4n) is 4.06. The second-order valence-corrected chi connectivity index (χ2v) is 7.15. The molecule has 1 aliphatic carbocycles. The lowest BCUT2D eigenvalue weighted by Crippen LogP contribution is -2.09. The number of aliphatic hydroxyl groups excluding tert-OH is 1. The van der Waals surface area contributed by atoms with Crippen molar-refractivity contribution in [3.8, 4) is 0 Å². The number of para-hydroxylation sites is 1. The molecule has 0 saturated carbocycles. The monoisotopic (exact) mass is 401 g/mol. The zero-order chi connectivity index (χ0) is 21.3. The van der Waals surface area contributed by atoms with Crippen LogP contribution in [0, 0.1) is 0 Å². The Morgan fingerprint density at radius 1 is 0.967 bits per heavy atom. The van der Waals surface area contributed by atoms with Crippen LogP contribution in [-0.4, -0.2) is 35.8 Å². The third-order valence-electron chi connectivity index (χ3n) is 5.44. The summed E-state index contributed by atoms with van der Waals surface area (Å²) in [4.78, 5) is 30.5. The fraction of sp³-hybridized carbons (Fsp3) is 0.240. The third kappa shape index (κ3) is 3.21. The molecule has 30 heavy (non-hydrogen) atoms. The summed E-state index contributed by atoms with van der Waals surface area (Å²) >= 11 is 0. The summed E-state index contributed by atoms with van der Waals surface area (Å²) in [7, 11) is 0. The van der Waals surface area contributed by atoms with E-state index in [1.54, 1.807) is 19.1 Å². The van der Waals surface area contributed by atoms with Crippen LogP contribution >= 0.6 is 0 Å². The SMILES string of the molecule is CCOC(=O)c1ccc2c3c(ccc(CC)c13)C(=O)/C2=N\c1ccccc1CCO. The van der Waals surface area contributed by atoms with Crippen molar-refractivity contribution in [2.24, 2.45) is 4.99 Å². The molecule has 3 aromatic rings. The molecule has 0 saturated heterocycles. The summed E-state index contributed by atoms with van der Waals surface area (Å²) in [6.07, 6.45) is 1.19. The minimum Gasteiger partial charge on any atom is -0.462 e. The van der Waals surface area contributed by atoms with E-state index >= 15 is 0 Å². The predicted molar refractivity (Wildman–Crippen MR) is 117 cm³/mol. The highest BCUT2D eigenvalue weighted by molar-refractivity contribution is 6.59. The molecule has 0 amide bonds. The van der Waals surface area contributed by atoms with Gasteiger partial charge in [-0.25, -0.2) is 9.79 Å². The Morgan fingerprint density at radius 2 is 1.73 bits per heavy atom. The number of nitrogens with zero attached hydrogens (tertiary/aromatic N) is 1. The van der Waals surface area contributed by atoms with E-state index in [0.717, 1.165) is 33.9 Å². The zero-order valence-corrected chi connectivity index (χ0v) is 17.1. The third-order valence-corrected chi connectivity index (χ3v) is 5.44. The average Bonchev–Trinajstić information content (AvgIpc) is 3.03. The number of aryl methyl sites for hydroxylation is 1. The summed E-state index contributed by atoms with van der Waals surface area (Å²) < 4.78 is 5.25. The number of hydrogen-bond acceptors (Lipinski definition) is 5. The lowest BCUT2D eigenvalue weighted by molar-refractivity contribution is 0.0528. The molecule has 1 N–H and O–H groups in total. The van der Waals surface area contributed by atoms with Crippen molar-refractivity contribution >= 4 is 33.9 Å². The quantitative estimate of drug-likeness (QED) is 0.620. The molecule has 5 nitrogen and oxygen atoms in total. The van der Waals surface area contributed by atoms with Crippen molar-refractivity contribution in [3.05, 3.63) is 76.3 Å². The van der Waals surface area contributed by atoms with Crippen LogP contribution in [0.3, 0.4) is 0 Å². The molecule has 152 valence electrons. The van der Waals surface area contributed by atoms with Crippen LogP contribution in [0.1, 0.15) is 51.3 Å². The molecule has 0 aliphatic heterocycles. The van der Waals surface area contributed by atoms with Gasteiger partial charge in [0.25, 0.3) is 0 Å². The number of Topliss-reactive ketones (excluding diaryl/α,β-unsaturated/α-hetero) is 1. The number of aliphatic hydroxyl groups is 1. The van der Waals surface area contributed by atoms with E-state index in [0.29, 0.717) is 28.9 Å². The largest absolute Gasteiger partial charge is 0.462 e. The highest BCUT2D eigenvalue weighted by atomic mass is 16.5. The van der Waals surface area contributed by atoms with Gasteiger partial charge in [-0.05, 0) is 43.0 Å². The minimum atomic E-state index is -0.387. The Hall–Kier alpha value is -3.31. The lowest BCUT2D eigenvalue weighted by atomic mass is 9.94. The van der Waals surface area contributed by atoms with Gasteiger partial charge in [0.15, 0.2) is 0 Å². The molecule has 0 atom stereocenters. The van der Waals surface area contributed by atoms with Crippen molar-refractivity contribution in [1.29, 1.82) is 0 Å². The number of carbonyl (C=O) groups excluding carboxylic acids is 2. The van der Waals surface area contributed by atoms with Gasteiger partial charge in [-0.15, -0.1) is 0 Å². The molecule has 0 radical (unpaired) electrons. The standard InChI is InChI=1S/C25H23NO4/c1-3-15-9-10-18-22-17(11-12-19(21(15)22)25(29)30-4-2)23(24(18)28)26-20-8-6-5-7-16(20)13-14-27/h5-12,27H,3-4,13-14H2,1-2H3/b26-23-. The summed E-state index contributed by atoms with van der Waals surface area (Å²) in [6.45, 7) is 4.09. The van der Waals surface area contributed by atoms with Gasteiger partial charge in [0.05, 0.1) is 17.9 Å². The molecule has 0 fully saturated rings. The number of hydrogen-bond donors (Lipinski definition) is 1. The number of rotatable bonds is 6. The van der Waals surface area contributed by atoms with Crippen molar-refractivity contribution in [3.63, 3.8) is 0 Å². The molecule has 0 spiro atoms. The van der Waals surface area contributed by atoms with E-state index < -0.39 is 0 Å². The first-order valence-corrected chi connectivity index (χ1v) is 10.2. The smallest absolute Gasteiger partial charge is 0.338 e. The molecule has 5 heteroatoms. The number of aliphatic imine (C=N–C) groups is 1. The van der Waals surface area contributed by atoms with Crippen LogP contribution in [0.4, 0.5) is 5.69 Å². The number of carbonyl (C=O) groups is 2. The van der Waals surface area contributed by atoms with E-state index in [1.807, 2.05) is 43.3 Å². The van der Waals surface area contributed by atoms with Crippen LogP contribution in [0.5, 0.6) is 0 Å². The maximum atomic E-state index is 13.3. The van der Waals surface area contributed by atoms with Crippen molar-refractivity contribution in [2.45, 2.75) is 26.7 Å². The Kier molecular flexibility index (Phi) is 5.46. The van der Waals surface area contributed by atoms with Gasteiger partial charge in [-0.1, -0.05) is 43.3 Å². The Balaban J connectivity index is 1.96. The first-order chi connectivity index (χ1) is 14.6. The van der Waals surface area contributed by atoms with Crippen molar-refractivity contribution in [2.75, 3.05) is 13.2 Å². The minimum absolute atomic E-state index is 0.00831. The highest BCUT2D eigenvalue weighted by Crippen LogP contribution is 2.37. The molecule has 1 aliphatic rings. The molecule has 0 heterocycles. The van der Waals surface area contributed by atoms with Gasteiger partial charge >= 0.3 is 5.97 Å². The van der Waals surface area contributed by atoms with E-state index in [2.05, 4.69) is 0 Å². The van der Waals surface area contributed by atoms with Gasteiger partial charge in [0, 0.05) is 28.5 Å². The van der Waals surface area contributed by atoms with Gasteiger partial charge in [-0.2, -0.15) is 0 Å². The fourth-order valence-corrected chi connectivity index (χ4v) is 4.06. The van der Waals surface area contributed by atoms with Crippen LogP contribution in [0.2, 0.25) is 0 Å². The second kappa shape index (κ2) is 8.20. The highest BCUT2D eigenvalue weighted by Gasteiger charge is 2.32. The molecule has 0 unspecified atom stereocenters. The predicted octanol–water partition coefficient (Wildman–Crippen LogP) is 4.43. The van der Waals surface area contributed by atoms with Gasteiger partial charge in [0.1, 0.15) is 5.71 Å². The average molecular weight is 401 g/mol. The maximum Gasteiger partial charge on any atom is 0.338 e. The van der Waals surface area contributed by atoms with Crippen LogP contribution in [-0.2, 0) is 17.6 Å². The number of ether oxygens (including phenoxy) is 1. The van der Waals surface area contributed by atoms with Crippen molar-refractivity contribution < 1.29 is 19.4 Å². The van der Waals surface area contributed by atoms with Crippen LogP contribution in [0.25, 0.3) is 10.8 Å². The van der Waals surface area contributed by atoms with Crippen LogP contribution in [0.15, 0.2) is 53.5 Å². The number of esters is 1. The Bertz CT molecular complexity index is 1190. The molecule has 0 bridgehead atoms. The molecule has 3 aromatic carbocycles. The van der Waals surface area contributed by atoms with Gasteiger partial charge in [0.2, 0.25) is 5.78 Å².